The molecule has 1 amide bonds. The average molecular weight is 297 g/mol. The molecule has 1 heterocycles. The fraction of sp³-hybridized carbons (Fsp3) is 0.0625. The van der Waals surface area contributed by atoms with Crippen LogP contribution in [-0.4, -0.2) is 11.7 Å². The highest BCUT2D eigenvalue weighted by atomic mass is 35.5. The second-order valence-electron chi connectivity index (χ2n) is 4.62. The summed E-state index contributed by atoms with van der Waals surface area (Å²) in [6.45, 7) is 0.168. The standard InChI is InChI=1S/C16H9ClN2O2/c17-12-6-3-7-13-14(12)15(20)16(21)19(13)9-11-5-2-1-4-10(11)8-18/h1-7H,9H2. The van der Waals surface area contributed by atoms with Gasteiger partial charge in [0.2, 0.25) is 0 Å². The molecule has 0 bridgehead atoms. The van der Waals surface area contributed by atoms with Crippen LogP contribution in [0.3, 0.4) is 0 Å². The summed E-state index contributed by atoms with van der Waals surface area (Å²) in [7, 11) is 0. The maximum absolute atomic E-state index is 12.2. The Bertz CT molecular complexity index is 808. The maximum Gasteiger partial charge on any atom is 0.299 e. The quantitative estimate of drug-likeness (QED) is 0.801. The van der Waals surface area contributed by atoms with Crippen molar-refractivity contribution in [2.45, 2.75) is 6.54 Å². The summed E-state index contributed by atoms with van der Waals surface area (Å²) in [4.78, 5) is 25.5. The minimum Gasteiger partial charge on any atom is -0.300 e. The van der Waals surface area contributed by atoms with Gasteiger partial charge in [-0.05, 0) is 23.8 Å². The molecule has 0 aliphatic carbocycles. The Hall–Kier alpha value is -2.64. The van der Waals surface area contributed by atoms with Gasteiger partial charge in [-0.3, -0.25) is 9.59 Å². The molecule has 102 valence electrons. The second kappa shape index (κ2) is 5.04. The average Bonchev–Trinajstić information content (AvgIpc) is 2.74. The highest BCUT2D eigenvalue weighted by Gasteiger charge is 2.37. The van der Waals surface area contributed by atoms with E-state index in [-0.39, 0.29) is 17.1 Å². The van der Waals surface area contributed by atoms with E-state index in [4.69, 9.17) is 16.9 Å². The molecule has 0 N–H and O–H groups in total. The van der Waals surface area contributed by atoms with Crippen LogP contribution in [0.2, 0.25) is 5.02 Å². The van der Waals surface area contributed by atoms with Gasteiger partial charge in [-0.25, -0.2) is 0 Å². The van der Waals surface area contributed by atoms with Crippen molar-refractivity contribution in [3.8, 4) is 6.07 Å². The monoisotopic (exact) mass is 296 g/mol. The van der Waals surface area contributed by atoms with Gasteiger partial charge >= 0.3 is 0 Å². The second-order valence-corrected chi connectivity index (χ2v) is 5.03. The summed E-state index contributed by atoms with van der Waals surface area (Å²) < 4.78 is 0. The van der Waals surface area contributed by atoms with Crippen LogP contribution in [0.4, 0.5) is 5.69 Å². The predicted octanol–water partition coefficient (Wildman–Crippen LogP) is 2.94. The van der Waals surface area contributed by atoms with Gasteiger partial charge in [0.25, 0.3) is 11.7 Å². The lowest BCUT2D eigenvalue weighted by Crippen LogP contribution is -2.29. The lowest BCUT2D eigenvalue weighted by molar-refractivity contribution is -0.114. The number of anilines is 1. The Morgan fingerprint density at radius 2 is 1.86 bits per heavy atom. The first kappa shape index (κ1) is 13.3. The lowest BCUT2D eigenvalue weighted by Gasteiger charge is -2.17. The Morgan fingerprint density at radius 3 is 2.62 bits per heavy atom. The maximum atomic E-state index is 12.2. The van der Waals surface area contributed by atoms with Gasteiger partial charge in [-0.2, -0.15) is 5.26 Å². The number of rotatable bonds is 2. The molecule has 0 saturated heterocycles. The number of benzene rings is 2. The van der Waals surface area contributed by atoms with E-state index in [1.807, 2.05) is 0 Å². The smallest absolute Gasteiger partial charge is 0.299 e. The largest absolute Gasteiger partial charge is 0.300 e. The molecule has 0 unspecified atom stereocenters. The van der Waals surface area contributed by atoms with Crippen molar-refractivity contribution in [1.82, 2.24) is 0 Å². The molecule has 0 spiro atoms. The summed E-state index contributed by atoms with van der Waals surface area (Å²) in [5.74, 6) is -1.23. The van der Waals surface area contributed by atoms with E-state index in [2.05, 4.69) is 6.07 Å². The molecule has 1 aliphatic rings. The molecule has 0 fully saturated rings. The van der Waals surface area contributed by atoms with Crippen LogP contribution in [0.1, 0.15) is 21.5 Å². The zero-order valence-electron chi connectivity index (χ0n) is 10.8. The first-order chi connectivity index (χ1) is 10.1. The van der Waals surface area contributed by atoms with Gasteiger partial charge in [0.15, 0.2) is 0 Å². The number of carbonyl (C=O) groups excluding carboxylic acids is 2. The summed E-state index contributed by atoms with van der Waals surface area (Å²) >= 11 is 6.00. The van der Waals surface area contributed by atoms with Gasteiger partial charge in [0.05, 0.1) is 34.5 Å². The minimum absolute atomic E-state index is 0.168. The van der Waals surface area contributed by atoms with Crippen molar-refractivity contribution in [3.05, 3.63) is 64.2 Å². The fourth-order valence-corrected chi connectivity index (χ4v) is 2.65. The summed E-state index contributed by atoms with van der Waals surface area (Å²) in [5, 5.41) is 9.37. The number of ketones is 1. The van der Waals surface area contributed by atoms with Crippen LogP contribution in [-0.2, 0) is 11.3 Å². The molecule has 3 rings (SSSR count). The number of halogens is 1. The van der Waals surface area contributed by atoms with Crippen LogP contribution in [0, 0.1) is 11.3 Å². The van der Waals surface area contributed by atoms with Crippen LogP contribution >= 0.6 is 11.6 Å². The highest BCUT2D eigenvalue weighted by molar-refractivity contribution is 6.55. The van der Waals surface area contributed by atoms with Crippen molar-refractivity contribution >= 4 is 29.0 Å². The molecule has 5 heteroatoms. The first-order valence-electron chi connectivity index (χ1n) is 6.26. The van der Waals surface area contributed by atoms with Gasteiger partial charge in [-0.15, -0.1) is 0 Å². The SMILES string of the molecule is N#Cc1ccccc1CN1C(=O)C(=O)c2c(Cl)cccc21. The number of hydrogen-bond donors (Lipinski definition) is 0. The Kier molecular flexibility index (Phi) is 3.20. The topological polar surface area (TPSA) is 61.2 Å². The zero-order valence-corrected chi connectivity index (χ0v) is 11.6. The van der Waals surface area contributed by atoms with Crippen LogP contribution < -0.4 is 4.90 Å². The summed E-state index contributed by atoms with van der Waals surface area (Å²) in [6.07, 6.45) is 0. The zero-order chi connectivity index (χ0) is 15.0. The van der Waals surface area contributed by atoms with E-state index in [1.165, 1.54) is 4.90 Å². The van der Waals surface area contributed by atoms with Crippen molar-refractivity contribution in [2.75, 3.05) is 4.90 Å². The van der Waals surface area contributed by atoms with Crippen molar-refractivity contribution in [2.24, 2.45) is 0 Å². The first-order valence-corrected chi connectivity index (χ1v) is 6.64. The number of carbonyl (C=O) groups is 2. The van der Waals surface area contributed by atoms with E-state index in [0.29, 0.717) is 16.8 Å². The molecule has 2 aromatic rings. The van der Waals surface area contributed by atoms with Gasteiger partial charge < -0.3 is 4.90 Å². The molecular weight excluding hydrogens is 288 g/mol. The molecule has 0 aromatic heterocycles. The number of nitrogens with zero attached hydrogens (tertiary/aromatic N) is 2. The highest BCUT2D eigenvalue weighted by Crippen LogP contribution is 2.35. The number of nitriles is 1. The summed E-state index contributed by atoms with van der Waals surface area (Å²) in [6, 6.07) is 14.0. The van der Waals surface area contributed by atoms with Crippen LogP contribution in [0.15, 0.2) is 42.5 Å². The van der Waals surface area contributed by atoms with Crippen molar-refractivity contribution < 1.29 is 9.59 Å². The van der Waals surface area contributed by atoms with E-state index >= 15 is 0 Å². The number of Topliss-reactive ketones (excluding diaryl/α,β-unsaturated/α-hetero) is 1. The number of amides is 1. The van der Waals surface area contributed by atoms with Gasteiger partial charge in [-0.1, -0.05) is 35.9 Å². The third kappa shape index (κ3) is 2.08. The molecule has 0 radical (unpaired) electrons. The van der Waals surface area contributed by atoms with E-state index in [9.17, 15) is 9.59 Å². The van der Waals surface area contributed by atoms with Crippen molar-refractivity contribution in [3.63, 3.8) is 0 Å². The van der Waals surface area contributed by atoms with E-state index in [0.717, 1.165) is 0 Å². The third-order valence-corrected chi connectivity index (χ3v) is 3.73. The molecular formula is C16H9ClN2O2. The Morgan fingerprint density at radius 1 is 1.10 bits per heavy atom. The Balaban J connectivity index is 2.06. The number of hydrogen-bond acceptors (Lipinski definition) is 3. The van der Waals surface area contributed by atoms with E-state index < -0.39 is 11.7 Å². The Labute approximate surface area is 126 Å². The molecule has 2 aromatic carbocycles. The fourth-order valence-electron chi connectivity index (χ4n) is 2.40. The van der Waals surface area contributed by atoms with Crippen molar-refractivity contribution in [1.29, 1.82) is 5.26 Å². The molecule has 4 nitrogen and oxygen atoms in total. The van der Waals surface area contributed by atoms with Gasteiger partial charge in [0, 0.05) is 0 Å². The van der Waals surface area contributed by atoms with Crippen LogP contribution in [0.25, 0.3) is 0 Å². The molecule has 0 saturated carbocycles. The lowest BCUT2D eigenvalue weighted by atomic mass is 10.1. The molecule has 0 atom stereocenters. The van der Waals surface area contributed by atoms with E-state index in [1.54, 1.807) is 42.5 Å². The molecule has 1 aliphatic heterocycles. The third-order valence-electron chi connectivity index (χ3n) is 3.42. The van der Waals surface area contributed by atoms with Crippen LogP contribution in [0.5, 0.6) is 0 Å². The summed E-state index contributed by atoms with van der Waals surface area (Å²) in [5.41, 5.74) is 1.89. The predicted molar refractivity (Wildman–Crippen MR) is 78.1 cm³/mol. The minimum atomic E-state index is -0.620. The molecule has 21 heavy (non-hydrogen) atoms. The van der Waals surface area contributed by atoms with Gasteiger partial charge in [0.1, 0.15) is 0 Å². The normalized spacial score (nSPS) is 13.2. The number of fused-ring (bicyclic) bond motifs is 1.